The van der Waals surface area contributed by atoms with E-state index in [-0.39, 0.29) is 30.1 Å². The maximum atomic E-state index is 13.0. The zero-order chi connectivity index (χ0) is 23.1. The number of nitrogens with zero attached hydrogens (tertiary/aromatic N) is 1. The lowest BCUT2D eigenvalue weighted by Crippen LogP contribution is -2.56. The number of Topliss-reactive ketones (excluding diaryl/α,β-unsaturated/α-hetero) is 2. The molecule has 8 heteroatoms. The zero-order valence-corrected chi connectivity index (χ0v) is 19.2. The molecule has 0 aromatic carbocycles. The van der Waals surface area contributed by atoms with Gasteiger partial charge in [0.15, 0.2) is 0 Å². The molecule has 0 aromatic rings. The fraction of sp³-hybridized carbons (Fsp3) is 0.783. The number of nitrogens with one attached hydrogen (secondary N) is 2. The molecule has 1 heterocycles. The summed E-state index contributed by atoms with van der Waals surface area (Å²) in [6.45, 7) is 6.94. The average Bonchev–Trinajstić information content (AvgIpc) is 3.20. The van der Waals surface area contributed by atoms with E-state index in [1.165, 1.54) is 18.2 Å². The number of hydrogen-bond donors (Lipinski definition) is 2. The number of hydrogen-bond acceptors (Lipinski definition) is 5. The van der Waals surface area contributed by atoms with Crippen molar-refractivity contribution < 1.29 is 24.0 Å². The fourth-order valence-electron chi connectivity index (χ4n) is 4.63. The summed E-state index contributed by atoms with van der Waals surface area (Å²) in [6.07, 6.45) is 6.72. The summed E-state index contributed by atoms with van der Waals surface area (Å²) in [6, 6.07) is -2.33. The highest BCUT2D eigenvalue weighted by atomic mass is 16.2. The van der Waals surface area contributed by atoms with Gasteiger partial charge in [-0.05, 0) is 31.6 Å². The first-order chi connectivity index (χ1) is 14.6. The van der Waals surface area contributed by atoms with E-state index in [1.807, 2.05) is 0 Å². The van der Waals surface area contributed by atoms with E-state index in [4.69, 9.17) is 0 Å². The van der Waals surface area contributed by atoms with Crippen LogP contribution in [0, 0.1) is 11.8 Å². The topological polar surface area (TPSA) is 113 Å². The molecule has 3 amide bonds. The summed E-state index contributed by atoms with van der Waals surface area (Å²) in [5, 5.41) is 5.30. The predicted octanol–water partition coefficient (Wildman–Crippen LogP) is 1.75. The Balaban J connectivity index is 2.01. The summed E-state index contributed by atoms with van der Waals surface area (Å²) in [5.74, 6) is -2.00. The Morgan fingerprint density at radius 1 is 0.903 bits per heavy atom. The van der Waals surface area contributed by atoms with Gasteiger partial charge in [0.2, 0.25) is 29.3 Å². The molecule has 2 fully saturated rings. The van der Waals surface area contributed by atoms with Crippen molar-refractivity contribution in [1.29, 1.82) is 0 Å². The van der Waals surface area contributed by atoms with Crippen molar-refractivity contribution in [2.24, 2.45) is 11.8 Å². The van der Waals surface area contributed by atoms with Gasteiger partial charge >= 0.3 is 0 Å². The van der Waals surface area contributed by atoms with Gasteiger partial charge in [0.1, 0.15) is 12.1 Å². The Kier molecular flexibility index (Phi) is 9.19. The zero-order valence-electron chi connectivity index (χ0n) is 19.2. The summed E-state index contributed by atoms with van der Waals surface area (Å²) in [7, 11) is 0. The molecule has 1 saturated carbocycles. The average molecular weight is 436 g/mol. The second-order valence-electron chi connectivity index (χ2n) is 9.34. The van der Waals surface area contributed by atoms with Crippen LogP contribution in [0.3, 0.4) is 0 Å². The molecule has 1 aliphatic heterocycles. The largest absolute Gasteiger partial charge is 0.345 e. The van der Waals surface area contributed by atoms with Crippen molar-refractivity contribution in [2.75, 3.05) is 6.54 Å². The van der Waals surface area contributed by atoms with E-state index in [1.54, 1.807) is 20.8 Å². The maximum Gasteiger partial charge on any atom is 0.245 e. The van der Waals surface area contributed by atoms with Gasteiger partial charge in [-0.25, -0.2) is 0 Å². The highest BCUT2D eigenvalue weighted by Crippen LogP contribution is 2.27. The summed E-state index contributed by atoms with van der Waals surface area (Å²) < 4.78 is 0. The van der Waals surface area contributed by atoms with Gasteiger partial charge in [-0.15, -0.1) is 0 Å². The van der Waals surface area contributed by atoms with E-state index in [2.05, 4.69) is 10.6 Å². The molecule has 2 N–H and O–H groups in total. The van der Waals surface area contributed by atoms with Gasteiger partial charge < -0.3 is 15.5 Å². The van der Waals surface area contributed by atoms with Gasteiger partial charge in [0, 0.05) is 19.9 Å². The van der Waals surface area contributed by atoms with Crippen LogP contribution in [0.25, 0.3) is 0 Å². The third-order valence-electron chi connectivity index (χ3n) is 6.35. The lowest BCUT2D eigenvalue weighted by molar-refractivity contribution is -0.143. The summed E-state index contributed by atoms with van der Waals surface area (Å²) in [5.41, 5.74) is 0. The highest BCUT2D eigenvalue weighted by Gasteiger charge is 2.39. The second-order valence-corrected chi connectivity index (χ2v) is 9.34. The number of amides is 3. The van der Waals surface area contributed by atoms with Crippen molar-refractivity contribution in [3.63, 3.8) is 0 Å². The Hall–Kier alpha value is -2.25. The molecule has 2 rings (SSSR count). The van der Waals surface area contributed by atoms with Gasteiger partial charge in [0.05, 0.1) is 6.04 Å². The lowest BCUT2D eigenvalue weighted by atomic mass is 9.84. The van der Waals surface area contributed by atoms with E-state index >= 15 is 0 Å². The number of carbonyl (C=O) groups excluding carboxylic acids is 5. The SMILES string of the molecule is CC(=O)N[C@@H](C)C(=O)N1CCC[C@H]1C(=O)N[C@H](C(=O)C(=O)CC1CCCCC1)C(C)C. The van der Waals surface area contributed by atoms with Crippen LogP contribution < -0.4 is 10.6 Å². The van der Waals surface area contributed by atoms with Crippen molar-refractivity contribution >= 4 is 29.3 Å². The van der Waals surface area contributed by atoms with E-state index in [0.29, 0.717) is 19.4 Å². The second kappa shape index (κ2) is 11.4. The third-order valence-corrected chi connectivity index (χ3v) is 6.35. The quantitative estimate of drug-likeness (QED) is 0.536. The Morgan fingerprint density at radius 2 is 1.55 bits per heavy atom. The van der Waals surface area contributed by atoms with Crippen LogP contribution in [0.5, 0.6) is 0 Å². The van der Waals surface area contributed by atoms with Gasteiger partial charge in [-0.1, -0.05) is 46.0 Å². The molecule has 0 spiro atoms. The highest BCUT2D eigenvalue weighted by molar-refractivity contribution is 6.39. The molecule has 31 heavy (non-hydrogen) atoms. The monoisotopic (exact) mass is 435 g/mol. The third kappa shape index (κ3) is 6.87. The first-order valence-electron chi connectivity index (χ1n) is 11.6. The number of carbonyl (C=O) groups is 5. The van der Waals surface area contributed by atoms with Crippen LogP contribution in [0.4, 0.5) is 0 Å². The standard InChI is InChI=1S/C23H37N3O5/c1-14(2)20(21(29)19(28)13-17-9-6-5-7-10-17)25-22(30)18-11-8-12-26(18)23(31)15(3)24-16(4)27/h14-15,17-18,20H,5-13H2,1-4H3,(H,24,27)(H,25,30)/t15-,18-,20-/m0/s1. The molecular weight excluding hydrogens is 398 g/mol. The minimum absolute atomic E-state index is 0.240. The van der Waals surface area contributed by atoms with Crippen molar-refractivity contribution in [3.05, 3.63) is 0 Å². The minimum Gasteiger partial charge on any atom is -0.345 e. The molecule has 1 saturated heterocycles. The summed E-state index contributed by atoms with van der Waals surface area (Å²) in [4.78, 5) is 63.9. The molecule has 2 aliphatic rings. The van der Waals surface area contributed by atoms with Crippen molar-refractivity contribution in [3.8, 4) is 0 Å². The van der Waals surface area contributed by atoms with Gasteiger partial charge in [-0.3, -0.25) is 24.0 Å². The van der Waals surface area contributed by atoms with Gasteiger partial charge in [-0.2, -0.15) is 0 Å². The molecule has 1 aliphatic carbocycles. The van der Waals surface area contributed by atoms with Crippen molar-refractivity contribution in [1.82, 2.24) is 15.5 Å². The van der Waals surface area contributed by atoms with E-state index in [0.717, 1.165) is 25.7 Å². The predicted molar refractivity (Wildman–Crippen MR) is 116 cm³/mol. The van der Waals surface area contributed by atoms with Crippen LogP contribution in [0.15, 0.2) is 0 Å². The normalized spacial score (nSPS) is 21.5. The van der Waals surface area contributed by atoms with Crippen LogP contribution in [-0.2, 0) is 24.0 Å². The summed E-state index contributed by atoms with van der Waals surface area (Å²) >= 11 is 0. The molecule has 0 unspecified atom stereocenters. The smallest absolute Gasteiger partial charge is 0.245 e. The van der Waals surface area contributed by atoms with Gasteiger partial charge in [0.25, 0.3) is 0 Å². The van der Waals surface area contributed by atoms with E-state index < -0.39 is 35.6 Å². The molecule has 8 nitrogen and oxygen atoms in total. The lowest BCUT2D eigenvalue weighted by Gasteiger charge is -2.29. The first kappa shape index (κ1) is 25.0. The van der Waals surface area contributed by atoms with Crippen molar-refractivity contribution in [2.45, 2.75) is 97.2 Å². The van der Waals surface area contributed by atoms with Crippen LogP contribution in [-0.4, -0.2) is 58.9 Å². The minimum atomic E-state index is -0.895. The Bertz CT molecular complexity index is 699. The number of rotatable bonds is 9. The number of ketones is 2. The molecule has 3 atom stereocenters. The number of likely N-dealkylation sites (tertiary alicyclic amines) is 1. The molecular formula is C23H37N3O5. The van der Waals surface area contributed by atoms with E-state index in [9.17, 15) is 24.0 Å². The molecule has 0 radical (unpaired) electrons. The molecule has 174 valence electrons. The van der Waals surface area contributed by atoms with Crippen LogP contribution in [0.1, 0.15) is 79.1 Å². The first-order valence-corrected chi connectivity index (χ1v) is 11.6. The fourth-order valence-corrected chi connectivity index (χ4v) is 4.63. The van der Waals surface area contributed by atoms with Crippen LogP contribution in [0.2, 0.25) is 0 Å². The van der Waals surface area contributed by atoms with Crippen LogP contribution >= 0.6 is 0 Å². The molecule has 0 bridgehead atoms. The Morgan fingerprint density at radius 3 is 2.13 bits per heavy atom. The molecule has 0 aromatic heterocycles. The maximum absolute atomic E-state index is 13.0. The Labute approximate surface area is 184 Å².